The number of carboxylic acid groups (broad SMARTS) is 2. The first-order valence-electron chi connectivity index (χ1n) is 9.61. The Labute approximate surface area is 191 Å². The number of aromatic nitrogens is 1. The molecule has 0 unspecified atom stereocenters. The molecule has 3 heterocycles. The van der Waals surface area contributed by atoms with Crippen LogP contribution in [0.15, 0.2) is 24.5 Å². The van der Waals surface area contributed by atoms with Crippen LogP contribution >= 0.6 is 0 Å². The first kappa shape index (κ1) is 29.6. The number of sulfonamides is 1. The van der Waals surface area contributed by atoms with E-state index in [0.29, 0.717) is 13.1 Å². The maximum atomic E-state index is 11.9. The molecule has 2 fully saturated rings. The second-order valence-corrected chi connectivity index (χ2v) is 9.85. The van der Waals surface area contributed by atoms with Gasteiger partial charge < -0.3 is 10.2 Å². The lowest BCUT2D eigenvalue weighted by molar-refractivity contribution is -0.193. The quantitative estimate of drug-likeness (QED) is 0.575. The number of halogens is 6. The Hall–Kier alpha value is -2.46. The van der Waals surface area contributed by atoms with Crippen LogP contribution in [0.1, 0.15) is 18.9 Å². The normalized spacial score (nSPS) is 18.2. The van der Waals surface area contributed by atoms with E-state index in [2.05, 4.69) is 9.88 Å². The number of pyridine rings is 1. The molecule has 194 valence electrons. The molecule has 2 aliphatic heterocycles. The first-order chi connectivity index (χ1) is 15.4. The predicted molar refractivity (Wildman–Crippen MR) is 105 cm³/mol. The van der Waals surface area contributed by atoms with Crippen molar-refractivity contribution < 1.29 is 54.6 Å². The standard InChI is InChI=1S/C14H21N3O2S.2C2HF3O2/c1-2-20(18,19)17-8-5-14(12-17)10-16(11-14)9-13-3-6-15-7-4-13;2*3-2(4,5)1(6)7/h3-4,6-7H,2,5,8-12H2,1H3;2*(H,6,7). The van der Waals surface area contributed by atoms with Crippen LogP contribution in [0.25, 0.3) is 0 Å². The van der Waals surface area contributed by atoms with Crippen molar-refractivity contribution >= 4 is 22.0 Å². The highest BCUT2D eigenvalue weighted by Crippen LogP contribution is 2.41. The number of carboxylic acids is 2. The van der Waals surface area contributed by atoms with Crippen molar-refractivity contribution in [3.63, 3.8) is 0 Å². The lowest BCUT2D eigenvalue weighted by Gasteiger charge is -2.48. The SMILES string of the molecule is CCS(=O)(=O)N1CCC2(CN(Cc3ccncc3)C2)C1.O=C(O)C(F)(F)F.O=C(O)C(F)(F)F. The average Bonchev–Trinajstić information content (AvgIpc) is 3.14. The molecule has 0 amide bonds. The van der Waals surface area contributed by atoms with E-state index in [1.54, 1.807) is 11.2 Å². The fourth-order valence-electron chi connectivity index (χ4n) is 3.33. The Bertz CT molecular complexity index is 910. The molecule has 0 radical (unpaired) electrons. The number of hydrogen-bond donors (Lipinski definition) is 2. The third kappa shape index (κ3) is 9.06. The summed E-state index contributed by atoms with van der Waals surface area (Å²) in [6.45, 7) is 6.06. The van der Waals surface area contributed by atoms with Gasteiger partial charge in [0.15, 0.2) is 0 Å². The topological polar surface area (TPSA) is 128 Å². The van der Waals surface area contributed by atoms with Crippen LogP contribution in [0.3, 0.4) is 0 Å². The lowest BCUT2D eigenvalue weighted by atomic mass is 9.79. The van der Waals surface area contributed by atoms with Gasteiger partial charge in [-0.3, -0.25) is 9.88 Å². The summed E-state index contributed by atoms with van der Waals surface area (Å²) in [6, 6.07) is 4.07. The second-order valence-electron chi connectivity index (χ2n) is 7.59. The minimum absolute atomic E-state index is 0.204. The Morgan fingerprint density at radius 3 is 1.82 bits per heavy atom. The third-order valence-electron chi connectivity index (χ3n) is 4.92. The van der Waals surface area contributed by atoms with Gasteiger partial charge in [0.1, 0.15) is 0 Å². The third-order valence-corrected chi connectivity index (χ3v) is 6.75. The molecular formula is C18H23F6N3O6S. The van der Waals surface area contributed by atoms with Gasteiger partial charge in [-0.05, 0) is 31.0 Å². The molecule has 0 aromatic carbocycles. The molecule has 1 spiro atoms. The van der Waals surface area contributed by atoms with Crippen LogP contribution in [-0.2, 0) is 26.2 Å². The lowest BCUT2D eigenvalue weighted by Crippen LogP contribution is -2.57. The van der Waals surface area contributed by atoms with Crippen molar-refractivity contribution in [1.29, 1.82) is 0 Å². The summed E-state index contributed by atoms with van der Waals surface area (Å²) in [5, 5.41) is 14.2. The summed E-state index contributed by atoms with van der Waals surface area (Å²) in [4.78, 5) is 24.2. The molecule has 1 aromatic heterocycles. The monoisotopic (exact) mass is 523 g/mol. The van der Waals surface area contributed by atoms with E-state index in [9.17, 15) is 34.8 Å². The number of rotatable bonds is 4. The molecule has 16 heteroatoms. The summed E-state index contributed by atoms with van der Waals surface area (Å²) in [5.41, 5.74) is 1.47. The summed E-state index contributed by atoms with van der Waals surface area (Å²) >= 11 is 0. The maximum absolute atomic E-state index is 11.9. The predicted octanol–water partition coefficient (Wildman–Crippen LogP) is 2.21. The van der Waals surface area contributed by atoms with E-state index in [1.165, 1.54) is 5.56 Å². The van der Waals surface area contributed by atoms with Crippen molar-refractivity contribution in [1.82, 2.24) is 14.2 Å². The minimum Gasteiger partial charge on any atom is -0.475 e. The van der Waals surface area contributed by atoms with Gasteiger partial charge in [0, 0.05) is 50.5 Å². The van der Waals surface area contributed by atoms with Gasteiger partial charge in [-0.25, -0.2) is 22.3 Å². The molecular weight excluding hydrogens is 500 g/mol. The van der Waals surface area contributed by atoms with Gasteiger partial charge in [-0.15, -0.1) is 0 Å². The molecule has 0 bridgehead atoms. The molecule has 0 aliphatic carbocycles. The Morgan fingerprint density at radius 2 is 1.44 bits per heavy atom. The van der Waals surface area contributed by atoms with E-state index >= 15 is 0 Å². The van der Waals surface area contributed by atoms with Crippen LogP contribution in [0, 0.1) is 5.41 Å². The van der Waals surface area contributed by atoms with Gasteiger partial charge in [0.25, 0.3) is 0 Å². The van der Waals surface area contributed by atoms with Gasteiger partial charge in [0.05, 0.1) is 5.75 Å². The average molecular weight is 523 g/mol. The van der Waals surface area contributed by atoms with Crippen molar-refractivity contribution in [2.75, 3.05) is 31.9 Å². The number of carbonyl (C=O) groups is 2. The summed E-state index contributed by atoms with van der Waals surface area (Å²) in [6.07, 6.45) is -5.54. The molecule has 2 aliphatic rings. The number of hydrogen-bond acceptors (Lipinski definition) is 6. The smallest absolute Gasteiger partial charge is 0.475 e. The van der Waals surface area contributed by atoms with Gasteiger partial charge in [0.2, 0.25) is 10.0 Å². The fraction of sp³-hybridized carbons (Fsp3) is 0.611. The minimum atomic E-state index is -5.08. The number of likely N-dealkylation sites (tertiary alicyclic amines) is 1. The van der Waals surface area contributed by atoms with Crippen LogP contribution in [-0.4, -0.2) is 89.0 Å². The summed E-state index contributed by atoms with van der Waals surface area (Å²) in [5.74, 6) is -5.30. The van der Waals surface area contributed by atoms with Crippen molar-refractivity contribution in [3.8, 4) is 0 Å². The van der Waals surface area contributed by atoms with Crippen LogP contribution in [0.4, 0.5) is 26.3 Å². The van der Waals surface area contributed by atoms with E-state index in [4.69, 9.17) is 19.8 Å². The van der Waals surface area contributed by atoms with Gasteiger partial charge >= 0.3 is 24.3 Å². The first-order valence-corrected chi connectivity index (χ1v) is 11.2. The van der Waals surface area contributed by atoms with Crippen molar-refractivity contribution in [3.05, 3.63) is 30.1 Å². The molecule has 2 N–H and O–H groups in total. The fourth-order valence-corrected chi connectivity index (χ4v) is 4.54. The summed E-state index contributed by atoms with van der Waals surface area (Å²) in [7, 11) is -3.01. The molecule has 34 heavy (non-hydrogen) atoms. The van der Waals surface area contributed by atoms with E-state index in [-0.39, 0.29) is 11.2 Å². The summed E-state index contributed by atoms with van der Waals surface area (Å²) < 4.78 is 89.0. The zero-order chi connectivity index (χ0) is 26.4. The molecule has 1 aromatic rings. The maximum Gasteiger partial charge on any atom is 0.490 e. The van der Waals surface area contributed by atoms with Crippen molar-refractivity contribution in [2.24, 2.45) is 5.41 Å². The van der Waals surface area contributed by atoms with Crippen molar-refractivity contribution in [2.45, 2.75) is 32.2 Å². The van der Waals surface area contributed by atoms with Gasteiger partial charge in [-0.2, -0.15) is 26.3 Å². The zero-order valence-electron chi connectivity index (χ0n) is 17.8. The Morgan fingerprint density at radius 1 is 1.00 bits per heavy atom. The number of aliphatic carboxylic acids is 2. The number of nitrogens with zero attached hydrogens (tertiary/aromatic N) is 3. The highest BCUT2D eigenvalue weighted by molar-refractivity contribution is 7.89. The van der Waals surface area contributed by atoms with Crippen LogP contribution in [0.2, 0.25) is 0 Å². The number of alkyl halides is 6. The molecule has 0 saturated carbocycles. The van der Waals surface area contributed by atoms with E-state index < -0.39 is 34.3 Å². The van der Waals surface area contributed by atoms with Crippen LogP contribution < -0.4 is 0 Å². The second kappa shape index (κ2) is 11.3. The van der Waals surface area contributed by atoms with E-state index in [1.807, 2.05) is 24.5 Å². The van der Waals surface area contributed by atoms with Gasteiger partial charge in [-0.1, -0.05) is 0 Å². The molecule has 2 saturated heterocycles. The highest BCUT2D eigenvalue weighted by Gasteiger charge is 2.49. The molecule has 9 nitrogen and oxygen atoms in total. The van der Waals surface area contributed by atoms with E-state index in [0.717, 1.165) is 26.1 Å². The Kier molecular flexibility index (Phi) is 9.84. The Balaban J connectivity index is 0.000000343. The zero-order valence-corrected chi connectivity index (χ0v) is 18.6. The molecule has 0 atom stereocenters. The molecule has 3 rings (SSSR count). The highest BCUT2D eigenvalue weighted by atomic mass is 32.2. The largest absolute Gasteiger partial charge is 0.490 e. The van der Waals surface area contributed by atoms with Crippen LogP contribution in [0.5, 0.6) is 0 Å².